The van der Waals surface area contributed by atoms with Crippen molar-refractivity contribution in [2.45, 2.75) is 20.1 Å². The first-order valence-corrected chi connectivity index (χ1v) is 10.5. The minimum absolute atomic E-state index is 0.0928. The predicted octanol–water partition coefficient (Wildman–Crippen LogP) is 3.07. The van der Waals surface area contributed by atoms with Gasteiger partial charge in [-0.2, -0.15) is 8.42 Å². The molecule has 0 amide bonds. The highest BCUT2D eigenvalue weighted by atomic mass is 32.2. The summed E-state index contributed by atoms with van der Waals surface area (Å²) in [5.74, 6) is 2.08. The van der Waals surface area contributed by atoms with E-state index in [-0.39, 0.29) is 19.0 Å². The van der Waals surface area contributed by atoms with Crippen molar-refractivity contribution in [1.29, 1.82) is 0 Å². The number of aromatic nitrogens is 1. The van der Waals surface area contributed by atoms with Gasteiger partial charge in [0.1, 0.15) is 23.8 Å². The average Bonchev–Trinajstić information content (AvgIpc) is 3.06. The van der Waals surface area contributed by atoms with E-state index in [0.29, 0.717) is 40.0 Å². The smallest absolute Gasteiger partial charge is 0.306 e. The maximum Gasteiger partial charge on any atom is 0.306 e. The van der Waals surface area contributed by atoms with Crippen molar-refractivity contribution in [3.05, 3.63) is 59.5 Å². The standard InChI is InChI=1S/C20H21NO7S/c1-13-17(12-26-18-8-7-14(11-22)9-19(18)25-2)21-20(27-13)15-5-4-6-16(10-15)28-29(3,23)24/h4-10,22H,11-12H2,1-3H3. The third kappa shape index (κ3) is 5.27. The van der Waals surface area contributed by atoms with Gasteiger partial charge in [0.25, 0.3) is 0 Å². The largest absolute Gasteiger partial charge is 0.493 e. The Morgan fingerprint density at radius 1 is 1.14 bits per heavy atom. The van der Waals surface area contributed by atoms with Crippen LogP contribution < -0.4 is 13.7 Å². The maximum atomic E-state index is 11.3. The molecule has 0 saturated carbocycles. The summed E-state index contributed by atoms with van der Waals surface area (Å²) in [6.45, 7) is 1.81. The van der Waals surface area contributed by atoms with Gasteiger partial charge in [0.15, 0.2) is 11.5 Å². The fourth-order valence-electron chi connectivity index (χ4n) is 2.62. The summed E-state index contributed by atoms with van der Waals surface area (Å²) >= 11 is 0. The van der Waals surface area contributed by atoms with E-state index in [1.165, 1.54) is 19.2 Å². The van der Waals surface area contributed by atoms with Crippen LogP contribution in [0.4, 0.5) is 0 Å². The lowest BCUT2D eigenvalue weighted by Gasteiger charge is -2.10. The lowest BCUT2D eigenvalue weighted by Crippen LogP contribution is -2.05. The molecule has 1 heterocycles. The minimum atomic E-state index is -3.63. The van der Waals surface area contributed by atoms with E-state index in [1.54, 1.807) is 37.3 Å². The van der Waals surface area contributed by atoms with E-state index in [0.717, 1.165) is 6.26 Å². The van der Waals surface area contributed by atoms with Crippen LogP contribution in [0.2, 0.25) is 0 Å². The van der Waals surface area contributed by atoms with Crippen LogP contribution in [-0.2, 0) is 23.3 Å². The molecule has 0 atom stereocenters. The Kier molecular flexibility index (Phi) is 6.09. The molecule has 0 aliphatic heterocycles. The number of aliphatic hydroxyl groups excluding tert-OH is 1. The van der Waals surface area contributed by atoms with Crippen molar-refractivity contribution >= 4 is 10.1 Å². The number of hydrogen-bond donors (Lipinski definition) is 1. The van der Waals surface area contributed by atoms with Crippen LogP contribution in [0, 0.1) is 6.92 Å². The molecule has 9 heteroatoms. The number of benzene rings is 2. The first-order chi connectivity index (χ1) is 13.8. The molecule has 3 rings (SSSR count). The number of aryl methyl sites for hydroxylation is 1. The van der Waals surface area contributed by atoms with Crippen molar-refractivity contribution in [3.63, 3.8) is 0 Å². The number of methoxy groups -OCH3 is 1. The maximum absolute atomic E-state index is 11.3. The SMILES string of the molecule is COc1cc(CO)ccc1OCc1nc(-c2cccc(OS(C)(=O)=O)c2)oc1C. The van der Waals surface area contributed by atoms with Crippen molar-refractivity contribution in [2.75, 3.05) is 13.4 Å². The molecule has 0 aliphatic rings. The summed E-state index contributed by atoms with van der Waals surface area (Å²) in [6, 6.07) is 11.6. The number of aliphatic hydroxyl groups is 1. The zero-order valence-electron chi connectivity index (χ0n) is 16.2. The zero-order chi connectivity index (χ0) is 21.0. The van der Waals surface area contributed by atoms with E-state index in [9.17, 15) is 13.5 Å². The van der Waals surface area contributed by atoms with Crippen LogP contribution in [0.3, 0.4) is 0 Å². The Balaban J connectivity index is 1.79. The van der Waals surface area contributed by atoms with Gasteiger partial charge in [0.05, 0.1) is 20.0 Å². The third-order valence-corrected chi connectivity index (χ3v) is 4.49. The molecule has 0 spiro atoms. The highest BCUT2D eigenvalue weighted by Gasteiger charge is 2.15. The van der Waals surface area contributed by atoms with Gasteiger partial charge >= 0.3 is 10.1 Å². The molecular formula is C20H21NO7S. The first-order valence-electron chi connectivity index (χ1n) is 8.66. The second-order valence-electron chi connectivity index (χ2n) is 6.27. The quantitative estimate of drug-likeness (QED) is 0.555. The van der Waals surface area contributed by atoms with Crippen molar-refractivity contribution in [2.24, 2.45) is 0 Å². The zero-order valence-corrected chi connectivity index (χ0v) is 17.0. The van der Waals surface area contributed by atoms with Crippen LogP contribution in [0.1, 0.15) is 17.0 Å². The van der Waals surface area contributed by atoms with Crippen molar-refractivity contribution < 1.29 is 31.6 Å². The van der Waals surface area contributed by atoms with Gasteiger partial charge in [0, 0.05) is 5.56 Å². The van der Waals surface area contributed by atoms with Crippen LogP contribution in [0.25, 0.3) is 11.5 Å². The van der Waals surface area contributed by atoms with E-state index in [4.69, 9.17) is 18.1 Å². The fourth-order valence-corrected chi connectivity index (χ4v) is 3.07. The van der Waals surface area contributed by atoms with E-state index < -0.39 is 10.1 Å². The predicted molar refractivity (Wildman–Crippen MR) is 105 cm³/mol. The van der Waals surface area contributed by atoms with Gasteiger partial charge < -0.3 is 23.2 Å². The molecular weight excluding hydrogens is 398 g/mol. The average molecular weight is 419 g/mol. The Morgan fingerprint density at radius 2 is 1.93 bits per heavy atom. The summed E-state index contributed by atoms with van der Waals surface area (Å²) in [7, 11) is -2.11. The molecule has 0 radical (unpaired) electrons. The van der Waals surface area contributed by atoms with Gasteiger partial charge in [-0.1, -0.05) is 12.1 Å². The molecule has 1 N–H and O–H groups in total. The molecule has 8 nitrogen and oxygen atoms in total. The normalized spacial score (nSPS) is 11.3. The Bertz CT molecular complexity index is 1110. The fraction of sp³-hybridized carbons (Fsp3) is 0.250. The topological polar surface area (TPSA) is 108 Å². The van der Waals surface area contributed by atoms with Gasteiger partial charge in [-0.3, -0.25) is 0 Å². The Morgan fingerprint density at radius 3 is 2.62 bits per heavy atom. The molecule has 2 aromatic carbocycles. The van der Waals surface area contributed by atoms with Gasteiger partial charge in [-0.25, -0.2) is 4.98 Å². The van der Waals surface area contributed by atoms with Crippen LogP contribution >= 0.6 is 0 Å². The highest BCUT2D eigenvalue weighted by Crippen LogP contribution is 2.30. The van der Waals surface area contributed by atoms with Gasteiger partial charge in [-0.15, -0.1) is 0 Å². The van der Waals surface area contributed by atoms with Crippen LogP contribution in [-0.4, -0.2) is 31.9 Å². The molecule has 3 aromatic rings. The third-order valence-electron chi connectivity index (χ3n) is 4.00. The lowest BCUT2D eigenvalue weighted by atomic mass is 10.2. The minimum Gasteiger partial charge on any atom is -0.493 e. The highest BCUT2D eigenvalue weighted by molar-refractivity contribution is 7.86. The summed E-state index contributed by atoms with van der Waals surface area (Å²) in [6.07, 6.45) is 0.978. The second kappa shape index (κ2) is 8.54. The Hall–Kier alpha value is -3.04. The molecule has 0 saturated heterocycles. The molecule has 0 fully saturated rings. The summed E-state index contributed by atoms with van der Waals surface area (Å²) < 4.78 is 44.3. The number of rotatable bonds is 8. The number of oxazole rings is 1. The first kappa shape index (κ1) is 20.7. The Labute approximate surface area is 168 Å². The van der Waals surface area contributed by atoms with E-state index in [1.807, 2.05) is 0 Å². The van der Waals surface area contributed by atoms with Crippen LogP contribution in [0.5, 0.6) is 17.2 Å². The number of hydrogen-bond acceptors (Lipinski definition) is 8. The molecule has 0 aliphatic carbocycles. The monoisotopic (exact) mass is 419 g/mol. The lowest BCUT2D eigenvalue weighted by molar-refractivity contribution is 0.272. The molecule has 0 bridgehead atoms. The van der Waals surface area contributed by atoms with E-state index >= 15 is 0 Å². The summed E-state index contributed by atoms with van der Waals surface area (Å²) in [5, 5.41) is 9.22. The van der Waals surface area contributed by atoms with Crippen molar-refractivity contribution in [1.82, 2.24) is 4.98 Å². The molecule has 154 valence electrons. The number of ether oxygens (including phenoxy) is 2. The van der Waals surface area contributed by atoms with Gasteiger partial charge in [0.2, 0.25) is 5.89 Å². The van der Waals surface area contributed by atoms with E-state index in [2.05, 4.69) is 4.98 Å². The second-order valence-corrected chi connectivity index (χ2v) is 7.84. The van der Waals surface area contributed by atoms with Gasteiger partial charge in [-0.05, 0) is 42.8 Å². The molecule has 29 heavy (non-hydrogen) atoms. The summed E-state index contributed by atoms with van der Waals surface area (Å²) in [4.78, 5) is 4.44. The summed E-state index contributed by atoms with van der Waals surface area (Å²) in [5.41, 5.74) is 1.87. The van der Waals surface area contributed by atoms with Crippen LogP contribution in [0.15, 0.2) is 46.9 Å². The molecule has 1 aromatic heterocycles. The molecule has 0 unspecified atom stereocenters. The van der Waals surface area contributed by atoms with Crippen molar-refractivity contribution in [3.8, 4) is 28.7 Å². The number of nitrogens with zero attached hydrogens (tertiary/aromatic N) is 1.